The molecule has 0 fully saturated rings. The molecule has 1 aromatic rings. The van der Waals surface area contributed by atoms with E-state index in [0.29, 0.717) is 5.33 Å². The molecule has 0 heterocycles. The number of aliphatic hydroxyl groups excluding tert-OH is 2. The molecule has 2 atom stereocenters. The molecule has 0 amide bonds. The molecule has 1 aromatic carbocycles. The summed E-state index contributed by atoms with van der Waals surface area (Å²) in [5.41, 5.74) is 1.70. The molecule has 3 N–H and O–H groups in total. The molecule has 3 nitrogen and oxygen atoms in total. The summed E-state index contributed by atoms with van der Waals surface area (Å²) in [6.07, 6.45) is -1.60. The molecule has 4 heteroatoms. The van der Waals surface area contributed by atoms with E-state index in [0.717, 1.165) is 11.3 Å². The van der Waals surface area contributed by atoms with Crippen molar-refractivity contribution < 1.29 is 10.2 Å². The fourth-order valence-electron chi connectivity index (χ4n) is 1.15. The summed E-state index contributed by atoms with van der Waals surface area (Å²) in [5, 5.41) is 22.4. The molecule has 14 heavy (non-hydrogen) atoms. The smallest absolute Gasteiger partial charge is 0.106 e. The molecule has 0 saturated carbocycles. The van der Waals surface area contributed by atoms with Gasteiger partial charge in [0, 0.05) is 18.1 Å². The molecule has 0 bridgehead atoms. The van der Waals surface area contributed by atoms with Gasteiger partial charge in [-0.3, -0.25) is 0 Å². The first kappa shape index (κ1) is 11.5. The molecule has 0 spiro atoms. The van der Waals surface area contributed by atoms with Crippen LogP contribution < -0.4 is 5.32 Å². The van der Waals surface area contributed by atoms with Gasteiger partial charge < -0.3 is 15.5 Å². The summed E-state index contributed by atoms with van der Waals surface area (Å²) in [6, 6.07) is 7.31. The van der Waals surface area contributed by atoms with Gasteiger partial charge in [0.1, 0.15) is 6.10 Å². The van der Waals surface area contributed by atoms with Gasteiger partial charge in [-0.05, 0) is 17.7 Å². The quantitative estimate of drug-likeness (QED) is 0.719. The average molecular weight is 260 g/mol. The van der Waals surface area contributed by atoms with Crippen molar-refractivity contribution in [3.8, 4) is 0 Å². The van der Waals surface area contributed by atoms with Crippen LogP contribution in [0.25, 0.3) is 0 Å². The Morgan fingerprint density at radius 3 is 2.29 bits per heavy atom. The Labute approximate surface area is 91.9 Å². The highest BCUT2D eigenvalue weighted by Crippen LogP contribution is 2.19. The van der Waals surface area contributed by atoms with Crippen LogP contribution in [0.15, 0.2) is 24.3 Å². The highest BCUT2D eigenvalue weighted by Gasteiger charge is 2.16. The van der Waals surface area contributed by atoms with Crippen molar-refractivity contribution in [2.24, 2.45) is 0 Å². The zero-order valence-electron chi connectivity index (χ0n) is 7.94. The standard InChI is InChI=1S/C10H14BrNO2/c1-12-8-4-2-7(3-5-8)10(14)9(13)6-11/h2-5,9-10,12-14H,6H2,1H3. The maximum atomic E-state index is 9.65. The minimum absolute atomic E-state index is 0.363. The number of alkyl halides is 1. The minimum atomic E-state index is -0.833. The van der Waals surface area contributed by atoms with Gasteiger partial charge in [-0.2, -0.15) is 0 Å². The monoisotopic (exact) mass is 259 g/mol. The van der Waals surface area contributed by atoms with Crippen LogP contribution in [0.1, 0.15) is 11.7 Å². The van der Waals surface area contributed by atoms with E-state index in [1.807, 2.05) is 19.2 Å². The highest BCUT2D eigenvalue weighted by atomic mass is 79.9. The van der Waals surface area contributed by atoms with Crippen LogP contribution in [0, 0.1) is 0 Å². The van der Waals surface area contributed by atoms with E-state index in [1.54, 1.807) is 12.1 Å². The SMILES string of the molecule is CNc1ccc(C(O)C(O)CBr)cc1. The molecule has 0 aliphatic carbocycles. The first-order valence-electron chi connectivity index (χ1n) is 4.39. The summed E-state index contributed by atoms with van der Waals surface area (Å²) >= 11 is 3.12. The molecule has 0 radical (unpaired) electrons. The number of benzene rings is 1. The van der Waals surface area contributed by atoms with E-state index in [4.69, 9.17) is 0 Å². The van der Waals surface area contributed by atoms with Crippen LogP contribution >= 0.6 is 15.9 Å². The number of halogens is 1. The van der Waals surface area contributed by atoms with Gasteiger partial charge in [0.05, 0.1) is 6.10 Å². The lowest BCUT2D eigenvalue weighted by atomic mass is 10.1. The maximum Gasteiger partial charge on any atom is 0.106 e. The van der Waals surface area contributed by atoms with E-state index in [9.17, 15) is 10.2 Å². The van der Waals surface area contributed by atoms with Crippen LogP contribution in [0.4, 0.5) is 5.69 Å². The van der Waals surface area contributed by atoms with Gasteiger partial charge in [0.25, 0.3) is 0 Å². The molecule has 78 valence electrons. The second-order valence-corrected chi connectivity index (χ2v) is 3.69. The Kier molecular flexibility index (Phi) is 4.38. The summed E-state index contributed by atoms with van der Waals surface area (Å²) in [4.78, 5) is 0. The predicted octanol–water partition coefficient (Wildman–Crippen LogP) is 1.52. The minimum Gasteiger partial charge on any atom is -0.389 e. The molecule has 0 aliphatic heterocycles. The lowest BCUT2D eigenvalue weighted by molar-refractivity contribution is 0.0343. The second-order valence-electron chi connectivity index (χ2n) is 3.04. The van der Waals surface area contributed by atoms with Crippen LogP contribution in [0.2, 0.25) is 0 Å². The van der Waals surface area contributed by atoms with Crippen LogP contribution in [0.5, 0.6) is 0 Å². The number of rotatable bonds is 4. The van der Waals surface area contributed by atoms with Crippen molar-refractivity contribution in [1.82, 2.24) is 0 Å². The molecular formula is C10H14BrNO2. The third-order valence-corrected chi connectivity index (χ3v) is 2.73. The van der Waals surface area contributed by atoms with Crippen molar-refractivity contribution in [3.05, 3.63) is 29.8 Å². The van der Waals surface area contributed by atoms with Gasteiger partial charge >= 0.3 is 0 Å². The van der Waals surface area contributed by atoms with Gasteiger partial charge in [0.15, 0.2) is 0 Å². The zero-order valence-corrected chi connectivity index (χ0v) is 9.53. The predicted molar refractivity (Wildman–Crippen MR) is 60.7 cm³/mol. The zero-order chi connectivity index (χ0) is 10.6. The lowest BCUT2D eigenvalue weighted by Crippen LogP contribution is -2.19. The van der Waals surface area contributed by atoms with Gasteiger partial charge in [-0.1, -0.05) is 28.1 Å². The summed E-state index contributed by atoms with van der Waals surface area (Å²) < 4.78 is 0. The Hall–Kier alpha value is -0.580. The van der Waals surface area contributed by atoms with E-state index >= 15 is 0 Å². The molecule has 0 saturated heterocycles. The third kappa shape index (κ3) is 2.70. The van der Waals surface area contributed by atoms with Crippen molar-refractivity contribution in [2.75, 3.05) is 17.7 Å². The fraction of sp³-hybridized carbons (Fsp3) is 0.400. The average Bonchev–Trinajstić information content (AvgIpc) is 2.27. The van der Waals surface area contributed by atoms with Crippen molar-refractivity contribution in [2.45, 2.75) is 12.2 Å². The summed E-state index contributed by atoms with van der Waals surface area (Å²) in [7, 11) is 1.83. The Morgan fingerprint density at radius 1 is 1.29 bits per heavy atom. The van der Waals surface area contributed by atoms with Gasteiger partial charge in [-0.15, -0.1) is 0 Å². The van der Waals surface area contributed by atoms with E-state index < -0.39 is 12.2 Å². The van der Waals surface area contributed by atoms with Crippen LogP contribution in [0.3, 0.4) is 0 Å². The van der Waals surface area contributed by atoms with Crippen molar-refractivity contribution >= 4 is 21.6 Å². The van der Waals surface area contributed by atoms with Crippen LogP contribution in [-0.4, -0.2) is 28.7 Å². The number of anilines is 1. The first-order valence-corrected chi connectivity index (χ1v) is 5.51. The second kappa shape index (κ2) is 5.34. The molecule has 1 rings (SSSR count). The van der Waals surface area contributed by atoms with Gasteiger partial charge in [-0.25, -0.2) is 0 Å². The van der Waals surface area contributed by atoms with E-state index in [-0.39, 0.29) is 0 Å². The summed E-state index contributed by atoms with van der Waals surface area (Å²) in [6.45, 7) is 0. The normalized spacial score (nSPS) is 14.9. The number of nitrogens with one attached hydrogen (secondary N) is 1. The largest absolute Gasteiger partial charge is 0.389 e. The fourth-order valence-corrected chi connectivity index (χ4v) is 1.51. The Balaban J connectivity index is 2.75. The van der Waals surface area contributed by atoms with Gasteiger partial charge in [0.2, 0.25) is 0 Å². The third-order valence-electron chi connectivity index (χ3n) is 2.06. The molecular weight excluding hydrogens is 246 g/mol. The topological polar surface area (TPSA) is 52.5 Å². The summed E-state index contributed by atoms with van der Waals surface area (Å²) in [5.74, 6) is 0. The Bertz CT molecular complexity index is 276. The number of hydrogen-bond acceptors (Lipinski definition) is 3. The number of aliphatic hydroxyl groups is 2. The molecule has 0 aromatic heterocycles. The maximum absolute atomic E-state index is 9.65. The van der Waals surface area contributed by atoms with E-state index in [1.165, 1.54) is 0 Å². The van der Waals surface area contributed by atoms with Crippen molar-refractivity contribution in [1.29, 1.82) is 0 Å². The van der Waals surface area contributed by atoms with Crippen molar-refractivity contribution in [3.63, 3.8) is 0 Å². The van der Waals surface area contributed by atoms with E-state index in [2.05, 4.69) is 21.2 Å². The molecule has 0 aliphatic rings. The molecule has 2 unspecified atom stereocenters. The number of hydrogen-bond donors (Lipinski definition) is 3. The van der Waals surface area contributed by atoms with Crippen LogP contribution in [-0.2, 0) is 0 Å². The lowest BCUT2D eigenvalue weighted by Gasteiger charge is -2.16. The first-order chi connectivity index (χ1) is 6.69. The highest BCUT2D eigenvalue weighted by molar-refractivity contribution is 9.09. The Morgan fingerprint density at radius 2 is 1.86 bits per heavy atom.